The van der Waals surface area contributed by atoms with Gasteiger partial charge in [-0.15, -0.1) is 0 Å². The van der Waals surface area contributed by atoms with Crippen molar-refractivity contribution in [1.82, 2.24) is 9.88 Å². The number of carbonyl (C=O) groups is 2. The van der Waals surface area contributed by atoms with Crippen LogP contribution < -0.4 is 0 Å². The smallest absolute Gasteiger partial charge is 0.227 e. The van der Waals surface area contributed by atoms with Crippen LogP contribution in [0.2, 0.25) is 0 Å². The molecule has 23 heavy (non-hydrogen) atoms. The lowest BCUT2D eigenvalue weighted by Gasteiger charge is -2.36. The molecule has 0 unspecified atom stereocenters. The van der Waals surface area contributed by atoms with Crippen molar-refractivity contribution in [2.75, 3.05) is 13.1 Å². The average molecular weight is 313 g/mol. The Kier molecular flexibility index (Phi) is 5.15. The quantitative estimate of drug-likeness (QED) is 0.859. The molecule has 0 aromatic carbocycles. The number of pyridine rings is 1. The number of hydrogen-bond acceptors (Lipinski definition) is 4. The number of nitrogens with zero attached hydrogens (tertiary/aromatic N) is 3. The minimum atomic E-state index is -0.856. The zero-order valence-electron chi connectivity index (χ0n) is 14.0. The molecule has 1 aromatic rings. The van der Waals surface area contributed by atoms with Gasteiger partial charge in [-0.2, -0.15) is 5.26 Å². The number of rotatable bonds is 3. The largest absolute Gasteiger partial charge is 0.342 e. The Morgan fingerprint density at radius 3 is 2.70 bits per heavy atom. The third kappa shape index (κ3) is 3.95. The predicted molar refractivity (Wildman–Crippen MR) is 86.4 cm³/mol. The summed E-state index contributed by atoms with van der Waals surface area (Å²) >= 11 is 0. The number of aromatic nitrogens is 1. The van der Waals surface area contributed by atoms with E-state index in [1.807, 2.05) is 20.8 Å². The highest BCUT2D eigenvalue weighted by molar-refractivity contribution is 5.91. The molecule has 2 heterocycles. The van der Waals surface area contributed by atoms with Crippen molar-refractivity contribution in [2.24, 2.45) is 11.3 Å². The summed E-state index contributed by atoms with van der Waals surface area (Å²) in [6.45, 7) is 6.73. The van der Waals surface area contributed by atoms with E-state index >= 15 is 0 Å². The average Bonchev–Trinajstić information content (AvgIpc) is 2.55. The van der Waals surface area contributed by atoms with E-state index < -0.39 is 11.3 Å². The fourth-order valence-corrected chi connectivity index (χ4v) is 2.93. The summed E-state index contributed by atoms with van der Waals surface area (Å²) in [6.07, 6.45) is 3.10. The molecule has 1 fully saturated rings. The number of hydrogen-bond donors (Lipinski definition) is 0. The summed E-state index contributed by atoms with van der Waals surface area (Å²) in [5.41, 5.74) is 0.0277. The number of likely N-dealkylation sites (tertiary alicyclic amines) is 1. The summed E-state index contributed by atoms with van der Waals surface area (Å²) in [4.78, 5) is 31.1. The summed E-state index contributed by atoms with van der Waals surface area (Å²) in [5.74, 6) is -1.22. The maximum absolute atomic E-state index is 12.7. The zero-order chi connectivity index (χ0) is 17.0. The lowest BCUT2D eigenvalue weighted by Crippen LogP contribution is -2.47. The first kappa shape index (κ1) is 17.1. The van der Waals surface area contributed by atoms with Gasteiger partial charge >= 0.3 is 0 Å². The maximum Gasteiger partial charge on any atom is 0.227 e. The van der Waals surface area contributed by atoms with E-state index in [2.05, 4.69) is 11.1 Å². The van der Waals surface area contributed by atoms with Gasteiger partial charge < -0.3 is 4.90 Å². The maximum atomic E-state index is 12.7. The molecule has 0 saturated carbocycles. The molecule has 5 heteroatoms. The standard InChI is InChI=1S/C18H23N3O2/c1-18(2,3)17(23)21-10-6-7-13(12-21)16(22)14(11-19)15-8-4-5-9-20-15/h4-5,8-9,13-14H,6-7,10,12H2,1-3H3/t13-,14-/m1/s1. The van der Waals surface area contributed by atoms with Crippen molar-refractivity contribution in [3.8, 4) is 6.07 Å². The Morgan fingerprint density at radius 2 is 2.13 bits per heavy atom. The van der Waals surface area contributed by atoms with E-state index in [9.17, 15) is 14.9 Å². The number of piperidine rings is 1. The van der Waals surface area contributed by atoms with Crippen LogP contribution in [0.1, 0.15) is 45.2 Å². The molecule has 5 nitrogen and oxygen atoms in total. The summed E-state index contributed by atoms with van der Waals surface area (Å²) < 4.78 is 0. The molecule has 1 amide bonds. The third-order valence-electron chi connectivity index (χ3n) is 4.15. The lowest BCUT2D eigenvalue weighted by atomic mass is 9.84. The first-order chi connectivity index (χ1) is 10.8. The number of carbonyl (C=O) groups excluding carboxylic acids is 2. The van der Waals surface area contributed by atoms with Gasteiger partial charge in [0.25, 0.3) is 0 Å². The van der Waals surface area contributed by atoms with Gasteiger partial charge in [-0.25, -0.2) is 0 Å². The normalized spacial score (nSPS) is 19.7. The molecule has 0 aliphatic carbocycles. The van der Waals surface area contributed by atoms with Gasteiger partial charge in [0.15, 0.2) is 5.78 Å². The predicted octanol–water partition coefficient (Wildman–Crippen LogP) is 2.54. The van der Waals surface area contributed by atoms with Gasteiger partial charge in [0.1, 0.15) is 5.92 Å². The van der Waals surface area contributed by atoms with Gasteiger partial charge in [0, 0.05) is 30.6 Å². The molecule has 0 radical (unpaired) electrons. The molecule has 2 rings (SSSR count). The highest BCUT2D eigenvalue weighted by Crippen LogP contribution is 2.27. The van der Waals surface area contributed by atoms with Crippen molar-refractivity contribution in [1.29, 1.82) is 5.26 Å². The monoisotopic (exact) mass is 313 g/mol. The van der Waals surface area contributed by atoms with Crippen LogP contribution in [-0.4, -0.2) is 34.7 Å². The van der Waals surface area contributed by atoms with Crippen molar-refractivity contribution in [2.45, 2.75) is 39.5 Å². The van der Waals surface area contributed by atoms with Crippen LogP contribution in [-0.2, 0) is 9.59 Å². The minimum absolute atomic E-state index is 0.0568. The van der Waals surface area contributed by atoms with Crippen LogP contribution >= 0.6 is 0 Å². The number of nitriles is 1. The van der Waals surface area contributed by atoms with Gasteiger partial charge in [0.05, 0.1) is 11.8 Å². The molecule has 2 atom stereocenters. The van der Waals surface area contributed by atoms with Crippen molar-refractivity contribution < 1.29 is 9.59 Å². The summed E-state index contributed by atoms with van der Waals surface area (Å²) in [6, 6.07) is 7.31. The first-order valence-electron chi connectivity index (χ1n) is 7.98. The number of ketones is 1. The van der Waals surface area contributed by atoms with Crippen molar-refractivity contribution in [3.05, 3.63) is 30.1 Å². The summed E-state index contributed by atoms with van der Waals surface area (Å²) in [7, 11) is 0. The molecule has 1 aromatic heterocycles. The van der Waals surface area contributed by atoms with E-state index in [0.717, 1.165) is 12.8 Å². The second-order valence-corrected chi connectivity index (χ2v) is 7.06. The molecule has 1 saturated heterocycles. The number of Topliss-reactive ketones (excluding diaryl/α,β-unsaturated/α-hetero) is 1. The molecule has 0 N–H and O–H groups in total. The van der Waals surface area contributed by atoms with Gasteiger partial charge in [-0.05, 0) is 25.0 Å². The van der Waals surface area contributed by atoms with Gasteiger partial charge in [0.2, 0.25) is 5.91 Å². The van der Waals surface area contributed by atoms with Crippen molar-refractivity contribution in [3.63, 3.8) is 0 Å². The van der Waals surface area contributed by atoms with Crippen LogP contribution in [0.25, 0.3) is 0 Å². The second kappa shape index (κ2) is 6.91. The lowest BCUT2D eigenvalue weighted by molar-refractivity contribution is -0.142. The Hall–Kier alpha value is -2.22. The molecule has 0 spiro atoms. The van der Waals surface area contributed by atoms with Crippen LogP contribution in [0.4, 0.5) is 0 Å². The minimum Gasteiger partial charge on any atom is -0.342 e. The van der Waals surface area contributed by atoms with Crippen LogP contribution in [0, 0.1) is 22.7 Å². The Morgan fingerprint density at radius 1 is 1.39 bits per heavy atom. The molecular formula is C18H23N3O2. The molecular weight excluding hydrogens is 290 g/mol. The second-order valence-electron chi connectivity index (χ2n) is 7.06. The van der Waals surface area contributed by atoms with E-state index in [1.165, 1.54) is 0 Å². The van der Waals surface area contributed by atoms with E-state index in [0.29, 0.717) is 18.8 Å². The molecule has 0 bridgehead atoms. The SMILES string of the molecule is CC(C)(C)C(=O)N1CCC[C@@H](C(=O)[C@H](C#N)c2ccccn2)C1. The molecule has 1 aliphatic heterocycles. The number of amides is 1. The Balaban J connectivity index is 2.13. The van der Waals surface area contributed by atoms with Crippen LogP contribution in [0.5, 0.6) is 0 Å². The van der Waals surface area contributed by atoms with Gasteiger partial charge in [-0.3, -0.25) is 14.6 Å². The van der Waals surface area contributed by atoms with Crippen LogP contribution in [0.15, 0.2) is 24.4 Å². The van der Waals surface area contributed by atoms with Gasteiger partial charge in [-0.1, -0.05) is 26.8 Å². The van der Waals surface area contributed by atoms with E-state index in [1.54, 1.807) is 29.3 Å². The molecule has 1 aliphatic rings. The highest BCUT2D eigenvalue weighted by Gasteiger charge is 2.36. The fourth-order valence-electron chi connectivity index (χ4n) is 2.93. The fraction of sp³-hybridized carbons (Fsp3) is 0.556. The third-order valence-corrected chi connectivity index (χ3v) is 4.15. The molecule has 122 valence electrons. The first-order valence-corrected chi connectivity index (χ1v) is 7.98. The van der Waals surface area contributed by atoms with E-state index in [-0.39, 0.29) is 17.6 Å². The Labute approximate surface area is 137 Å². The zero-order valence-corrected chi connectivity index (χ0v) is 14.0. The van der Waals surface area contributed by atoms with Crippen LogP contribution in [0.3, 0.4) is 0 Å². The van der Waals surface area contributed by atoms with Crippen molar-refractivity contribution >= 4 is 11.7 Å². The topological polar surface area (TPSA) is 74.1 Å². The van der Waals surface area contributed by atoms with E-state index in [4.69, 9.17) is 0 Å². The summed E-state index contributed by atoms with van der Waals surface area (Å²) in [5, 5.41) is 9.39. The highest BCUT2D eigenvalue weighted by atomic mass is 16.2. The Bertz CT molecular complexity index is 613.